The van der Waals surface area contributed by atoms with Crippen molar-refractivity contribution in [1.29, 1.82) is 0 Å². The standard InChI is InChI=1S/C14H19NO2/c16-9-3-1-2-7-15-8-6-13-5-4-12(11-17)10-14(13)15/h4-6,8,10,16-17H,1-3,7,9,11H2. The summed E-state index contributed by atoms with van der Waals surface area (Å²) in [7, 11) is 0. The van der Waals surface area contributed by atoms with Gasteiger partial charge in [-0.25, -0.2) is 0 Å². The number of unbranched alkanes of at least 4 members (excludes halogenated alkanes) is 2. The van der Waals surface area contributed by atoms with Crippen LogP contribution in [0.4, 0.5) is 0 Å². The van der Waals surface area contributed by atoms with Crippen LogP contribution in [0.3, 0.4) is 0 Å². The lowest BCUT2D eigenvalue weighted by atomic mass is 10.2. The van der Waals surface area contributed by atoms with Crippen molar-refractivity contribution in [2.45, 2.75) is 32.4 Å². The van der Waals surface area contributed by atoms with Crippen LogP contribution in [0.15, 0.2) is 30.5 Å². The van der Waals surface area contributed by atoms with Gasteiger partial charge in [-0.3, -0.25) is 0 Å². The maximum absolute atomic E-state index is 9.13. The molecule has 2 aromatic rings. The highest BCUT2D eigenvalue weighted by Crippen LogP contribution is 2.18. The van der Waals surface area contributed by atoms with E-state index in [-0.39, 0.29) is 13.2 Å². The first-order valence-electron chi connectivity index (χ1n) is 6.14. The lowest BCUT2D eigenvalue weighted by Crippen LogP contribution is -1.97. The van der Waals surface area contributed by atoms with Crippen molar-refractivity contribution < 1.29 is 10.2 Å². The average Bonchev–Trinajstić information content (AvgIpc) is 2.77. The zero-order valence-electron chi connectivity index (χ0n) is 9.97. The summed E-state index contributed by atoms with van der Waals surface area (Å²) in [6.45, 7) is 1.34. The molecule has 0 bridgehead atoms. The summed E-state index contributed by atoms with van der Waals surface area (Å²) in [4.78, 5) is 0. The van der Waals surface area contributed by atoms with Crippen LogP contribution in [0.2, 0.25) is 0 Å². The lowest BCUT2D eigenvalue weighted by Gasteiger charge is -2.06. The summed E-state index contributed by atoms with van der Waals surface area (Å²) in [5, 5.41) is 19.1. The summed E-state index contributed by atoms with van der Waals surface area (Å²) in [5.74, 6) is 0. The van der Waals surface area contributed by atoms with Gasteiger partial charge in [-0.2, -0.15) is 0 Å². The van der Waals surface area contributed by atoms with E-state index in [1.807, 2.05) is 18.2 Å². The number of fused-ring (bicyclic) bond motifs is 1. The Kier molecular flexibility index (Phi) is 4.18. The number of nitrogens with zero attached hydrogens (tertiary/aromatic N) is 1. The summed E-state index contributed by atoms with van der Waals surface area (Å²) in [5.41, 5.74) is 2.13. The Labute approximate surface area is 101 Å². The Morgan fingerprint density at radius 2 is 1.88 bits per heavy atom. The average molecular weight is 233 g/mol. The third-order valence-electron chi connectivity index (χ3n) is 3.08. The molecule has 1 heterocycles. The van der Waals surface area contributed by atoms with Gasteiger partial charge >= 0.3 is 0 Å². The molecule has 3 heteroatoms. The minimum absolute atomic E-state index is 0.0889. The summed E-state index contributed by atoms with van der Waals surface area (Å²) >= 11 is 0. The molecule has 0 amide bonds. The molecule has 0 saturated carbocycles. The van der Waals surface area contributed by atoms with Gasteiger partial charge in [0.15, 0.2) is 0 Å². The zero-order chi connectivity index (χ0) is 12.1. The first-order valence-corrected chi connectivity index (χ1v) is 6.14. The predicted molar refractivity (Wildman–Crippen MR) is 68.8 cm³/mol. The first-order chi connectivity index (χ1) is 8.35. The topological polar surface area (TPSA) is 45.4 Å². The highest BCUT2D eigenvalue weighted by atomic mass is 16.3. The van der Waals surface area contributed by atoms with Gasteiger partial charge in [-0.1, -0.05) is 12.1 Å². The zero-order valence-corrected chi connectivity index (χ0v) is 9.97. The van der Waals surface area contributed by atoms with Crippen LogP contribution < -0.4 is 0 Å². The van der Waals surface area contributed by atoms with E-state index in [4.69, 9.17) is 10.2 Å². The Morgan fingerprint density at radius 1 is 1.00 bits per heavy atom. The fourth-order valence-electron chi connectivity index (χ4n) is 2.09. The second kappa shape index (κ2) is 5.84. The molecular formula is C14H19NO2. The van der Waals surface area contributed by atoms with Gasteiger partial charge in [0.1, 0.15) is 0 Å². The molecule has 0 saturated heterocycles. The number of rotatable bonds is 6. The van der Waals surface area contributed by atoms with E-state index in [0.29, 0.717) is 0 Å². The van der Waals surface area contributed by atoms with Gasteiger partial charge in [-0.05, 0) is 42.3 Å². The summed E-state index contributed by atoms with van der Waals surface area (Å²) < 4.78 is 2.21. The van der Waals surface area contributed by atoms with Crippen molar-refractivity contribution in [1.82, 2.24) is 4.57 Å². The quantitative estimate of drug-likeness (QED) is 0.752. The molecule has 0 spiro atoms. The predicted octanol–water partition coefficient (Wildman–Crippen LogP) is 2.30. The minimum Gasteiger partial charge on any atom is -0.396 e. The fourth-order valence-corrected chi connectivity index (χ4v) is 2.09. The van der Waals surface area contributed by atoms with Crippen LogP contribution in [0, 0.1) is 0 Å². The smallest absolute Gasteiger partial charge is 0.0682 e. The van der Waals surface area contributed by atoms with E-state index < -0.39 is 0 Å². The normalized spacial score (nSPS) is 11.2. The number of aromatic nitrogens is 1. The van der Waals surface area contributed by atoms with Crippen molar-refractivity contribution in [3.05, 3.63) is 36.0 Å². The van der Waals surface area contributed by atoms with Gasteiger partial charge in [0.25, 0.3) is 0 Å². The minimum atomic E-state index is 0.0889. The Balaban J connectivity index is 2.11. The second-order valence-electron chi connectivity index (χ2n) is 4.34. The maximum Gasteiger partial charge on any atom is 0.0682 e. The molecule has 17 heavy (non-hydrogen) atoms. The van der Waals surface area contributed by atoms with Crippen molar-refractivity contribution in [3.63, 3.8) is 0 Å². The number of benzene rings is 1. The Bertz CT molecular complexity index is 476. The van der Waals surface area contributed by atoms with Gasteiger partial charge in [0.05, 0.1) is 6.61 Å². The highest BCUT2D eigenvalue weighted by molar-refractivity contribution is 5.80. The fraction of sp³-hybridized carbons (Fsp3) is 0.429. The molecule has 0 aliphatic heterocycles. The second-order valence-corrected chi connectivity index (χ2v) is 4.34. The third kappa shape index (κ3) is 2.87. The van der Waals surface area contributed by atoms with Crippen molar-refractivity contribution in [2.24, 2.45) is 0 Å². The van der Waals surface area contributed by atoms with Crippen molar-refractivity contribution in [2.75, 3.05) is 6.61 Å². The number of hydrogen-bond donors (Lipinski definition) is 2. The van der Waals surface area contributed by atoms with Crippen LogP contribution in [-0.2, 0) is 13.2 Å². The van der Waals surface area contributed by atoms with E-state index >= 15 is 0 Å². The number of aryl methyl sites for hydroxylation is 1. The molecule has 0 radical (unpaired) electrons. The van der Waals surface area contributed by atoms with Crippen LogP contribution >= 0.6 is 0 Å². The molecule has 3 nitrogen and oxygen atoms in total. The first kappa shape index (κ1) is 12.1. The molecule has 1 aromatic carbocycles. The van der Waals surface area contributed by atoms with Crippen LogP contribution in [0.5, 0.6) is 0 Å². The van der Waals surface area contributed by atoms with E-state index in [1.54, 1.807) is 0 Å². The van der Waals surface area contributed by atoms with E-state index in [9.17, 15) is 0 Å². The molecule has 1 aromatic heterocycles. The molecule has 0 aliphatic rings. The largest absolute Gasteiger partial charge is 0.396 e. The third-order valence-corrected chi connectivity index (χ3v) is 3.08. The van der Waals surface area contributed by atoms with E-state index in [1.165, 1.54) is 10.9 Å². The monoisotopic (exact) mass is 233 g/mol. The molecule has 92 valence electrons. The van der Waals surface area contributed by atoms with E-state index in [2.05, 4.69) is 16.8 Å². The Hall–Kier alpha value is -1.32. The van der Waals surface area contributed by atoms with E-state index in [0.717, 1.165) is 31.4 Å². The number of aliphatic hydroxyl groups excluding tert-OH is 2. The molecule has 2 N–H and O–H groups in total. The summed E-state index contributed by atoms with van der Waals surface area (Å²) in [6.07, 6.45) is 5.09. The molecular weight excluding hydrogens is 214 g/mol. The molecule has 0 aliphatic carbocycles. The molecule has 0 fully saturated rings. The van der Waals surface area contributed by atoms with Crippen molar-refractivity contribution >= 4 is 10.9 Å². The van der Waals surface area contributed by atoms with Crippen molar-refractivity contribution in [3.8, 4) is 0 Å². The molecule has 2 rings (SSSR count). The van der Waals surface area contributed by atoms with Crippen LogP contribution in [-0.4, -0.2) is 21.4 Å². The number of hydrogen-bond acceptors (Lipinski definition) is 2. The van der Waals surface area contributed by atoms with Gasteiger partial charge < -0.3 is 14.8 Å². The molecule has 0 atom stereocenters. The van der Waals surface area contributed by atoms with Gasteiger partial charge in [0, 0.05) is 24.9 Å². The Morgan fingerprint density at radius 3 is 2.65 bits per heavy atom. The summed E-state index contributed by atoms with van der Waals surface area (Å²) in [6, 6.07) is 8.15. The van der Waals surface area contributed by atoms with Crippen LogP contribution in [0.25, 0.3) is 10.9 Å². The SMILES string of the molecule is OCCCCCn1ccc2ccc(CO)cc21. The molecule has 0 unspecified atom stereocenters. The maximum atomic E-state index is 9.13. The lowest BCUT2D eigenvalue weighted by molar-refractivity contribution is 0.281. The van der Waals surface area contributed by atoms with Gasteiger partial charge in [-0.15, -0.1) is 0 Å². The van der Waals surface area contributed by atoms with Gasteiger partial charge in [0.2, 0.25) is 0 Å². The van der Waals surface area contributed by atoms with Crippen LogP contribution in [0.1, 0.15) is 24.8 Å². The highest BCUT2D eigenvalue weighted by Gasteiger charge is 2.01. The number of aliphatic hydroxyl groups is 2.